The number of benzene rings is 1. The molecule has 1 heterocycles. The summed E-state index contributed by atoms with van der Waals surface area (Å²) in [4.78, 5) is 2.47. The largest absolute Gasteiger partial charge is 0.296 e. The molecule has 88 valence electrons. The highest BCUT2D eigenvalue weighted by molar-refractivity contribution is 5.43. The van der Waals surface area contributed by atoms with Crippen LogP contribution in [0.5, 0.6) is 0 Å². The molecule has 0 amide bonds. The van der Waals surface area contributed by atoms with Crippen LogP contribution < -0.4 is 0 Å². The van der Waals surface area contributed by atoms with E-state index < -0.39 is 0 Å². The van der Waals surface area contributed by atoms with E-state index in [1.807, 2.05) is 0 Å². The van der Waals surface area contributed by atoms with Crippen LogP contribution in [0.3, 0.4) is 0 Å². The van der Waals surface area contributed by atoms with E-state index >= 15 is 0 Å². The summed E-state index contributed by atoms with van der Waals surface area (Å²) in [5, 5.41) is 0. The van der Waals surface area contributed by atoms with Crippen molar-refractivity contribution >= 4 is 0 Å². The zero-order chi connectivity index (χ0) is 12.1. The maximum Gasteiger partial charge on any atom is 0.0404 e. The summed E-state index contributed by atoms with van der Waals surface area (Å²) in [6.45, 7) is 12.6. The number of hydrogen-bond acceptors (Lipinski definition) is 1. The van der Waals surface area contributed by atoms with Crippen molar-refractivity contribution in [2.45, 2.75) is 45.6 Å². The zero-order valence-electron chi connectivity index (χ0n) is 11.4. The minimum Gasteiger partial charge on any atom is -0.296 e. The number of rotatable bonds is 0. The maximum absolute atomic E-state index is 2.47. The highest BCUT2D eigenvalue weighted by Gasteiger charge is 2.40. The third-order valence-corrected chi connectivity index (χ3v) is 4.15. The van der Waals surface area contributed by atoms with E-state index in [4.69, 9.17) is 0 Å². The van der Waals surface area contributed by atoms with Crippen LogP contribution in [-0.4, -0.2) is 18.5 Å². The molecule has 1 aliphatic rings. The van der Waals surface area contributed by atoms with Gasteiger partial charge in [-0.2, -0.15) is 0 Å². The van der Waals surface area contributed by atoms with Crippen LogP contribution in [0.1, 0.15) is 44.4 Å². The van der Waals surface area contributed by atoms with Crippen LogP contribution in [0.4, 0.5) is 0 Å². The van der Waals surface area contributed by atoms with Crippen LogP contribution in [0, 0.1) is 6.92 Å². The van der Waals surface area contributed by atoms with E-state index in [0.717, 1.165) is 6.54 Å². The van der Waals surface area contributed by atoms with Gasteiger partial charge in [-0.25, -0.2) is 0 Å². The Morgan fingerprint density at radius 2 is 1.69 bits per heavy atom. The Hall–Kier alpha value is -0.820. The summed E-state index contributed by atoms with van der Waals surface area (Å²) in [5.41, 5.74) is 4.77. The van der Waals surface area contributed by atoms with Crippen LogP contribution in [0.2, 0.25) is 0 Å². The summed E-state index contributed by atoms with van der Waals surface area (Å²) in [6.07, 6.45) is 0. The molecule has 0 N–H and O–H groups in total. The molecule has 0 fully saturated rings. The van der Waals surface area contributed by atoms with Crippen LogP contribution >= 0.6 is 0 Å². The molecule has 0 unspecified atom stereocenters. The van der Waals surface area contributed by atoms with Gasteiger partial charge >= 0.3 is 0 Å². The predicted octanol–water partition coefficient (Wildman–Crippen LogP) is 3.45. The van der Waals surface area contributed by atoms with E-state index in [9.17, 15) is 0 Å². The fraction of sp³-hybridized carbons (Fsp3) is 0.600. The average molecular weight is 217 g/mol. The molecule has 1 aromatic rings. The van der Waals surface area contributed by atoms with Gasteiger partial charge in [0, 0.05) is 17.5 Å². The second kappa shape index (κ2) is 3.33. The molecule has 0 spiro atoms. The maximum atomic E-state index is 2.47. The molecule has 0 bridgehead atoms. The topological polar surface area (TPSA) is 3.24 Å². The van der Waals surface area contributed by atoms with Crippen molar-refractivity contribution in [2.75, 3.05) is 13.6 Å². The molecule has 0 saturated heterocycles. The Kier molecular flexibility index (Phi) is 2.43. The van der Waals surface area contributed by atoms with Crippen LogP contribution in [0.25, 0.3) is 0 Å². The predicted molar refractivity (Wildman–Crippen MR) is 69.9 cm³/mol. The third-order valence-electron chi connectivity index (χ3n) is 4.15. The lowest BCUT2D eigenvalue weighted by molar-refractivity contribution is 0.104. The van der Waals surface area contributed by atoms with Gasteiger partial charge in [0.1, 0.15) is 0 Å². The lowest BCUT2D eigenvalue weighted by Crippen LogP contribution is -2.51. The van der Waals surface area contributed by atoms with Crippen molar-refractivity contribution in [3.05, 3.63) is 34.9 Å². The molecule has 1 aromatic carbocycles. The number of hydrogen-bond donors (Lipinski definition) is 0. The van der Waals surface area contributed by atoms with Crippen molar-refractivity contribution in [1.82, 2.24) is 4.90 Å². The van der Waals surface area contributed by atoms with Crippen molar-refractivity contribution in [3.8, 4) is 0 Å². The quantitative estimate of drug-likeness (QED) is 0.643. The normalized spacial score (nSPS) is 22.9. The molecule has 1 nitrogen and oxygen atoms in total. The third kappa shape index (κ3) is 1.58. The van der Waals surface area contributed by atoms with Gasteiger partial charge in [-0.3, -0.25) is 4.90 Å². The molecular formula is C15H23N. The molecule has 2 rings (SSSR count). The van der Waals surface area contributed by atoms with Crippen LogP contribution in [0.15, 0.2) is 18.2 Å². The molecule has 0 aliphatic carbocycles. The van der Waals surface area contributed by atoms with E-state index in [1.165, 1.54) is 16.7 Å². The number of nitrogens with zero attached hydrogens (tertiary/aromatic N) is 1. The number of fused-ring (bicyclic) bond motifs is 1. The molecular weight excluding hydrogens is 194 g/mol. The number of likely N-dealkylation sites (N-methyl/N-ethyl adjacent to an activating group) is 1. The summed E-state index contributed by atoms with van der Waals surface area (Å²) >= 11 is 0. The fourth-order valence-electron chi connectivity index (χ4n) is 2.84. The Bertz CT molecular complexity index is 415. The Morgan fingerprint density at radius 3 is 2.31 bits per heavy atom. The van der Waals surface area contributed by atoms with Gasteiger partial charge in [-0.15, -0.1) is 0 Å². The first-order valence-electron chi connectivity index (χ1n) is 6.08. The minimum absolute atomic E-state index is 0.150. The van der Waals surface area contributed by atoms with Gasteiger partial charge in [-0.1, -0.05) is 37.6 Å². The van der Waals surface area contributed by atoms with Gasteiger partial charge in [0.25, 0.3) is 0 Å². The summed E-state index contributed by atoms with van der Waals surface area (Å²) in [5.74, 6) is 0. The highest BCUT2D eigenvalue weighted by Crippen LogP contribution is 2.42. The summed E-state index contributed by atoms with van der Waals surface area (Å²) in [6, 6.07) is 6.91. The second-order valence-corrected chi connectivity index (χ2v) is 6.35. The highest BCUT2D eigenvalue weighted by atomic mass is 15.2. The van der Waals surface area contributed by atoms with Gasteiger partial charge in [0.05, 0.1) is 0 Å². The van der Waals surface area contributed by atoms with Crippen molar-refractivity contribution < 1.29 is 0 Å². The van der Waals surface area contributed by atoms with Gasteiger partial charge < -0.3 is 0 Å². The first kappa shape index (κ1) is 11.7. The fourth-order valence-corrected chi connectivity index (χ4v) is 2.84. The first-order valence-corrected chi connectivity index (χ1v) is 6.08. The Morgan fingerprint density at radius 1 is 1.06 bits per heavy atom. The SMILES string of the molecule is Cc1ccc2c(c1)C(C)(C)N(C)CC2(C)C. The van der Waals surface area contributed by atoms with Crippen molar-refractivity contribution in [3.63, 3.8) is 0 Å². The van der Waals surface area contributed by atoms with E-state index in [1.54, 1.807) is 0 Å². The Labute approximate surface area is 99.5 Å². The van der Waals surface area contributed by atoms with E-state index in [2.05, 4.69) is 64.8 Å². The minimum atomic E-state index is 0.150. The van der Waals surface area contributed by atoms with E-state index in [0.29, 0.717) is 0 Å². The molecule has 0 saturated carbocycles. The van der Waals surface area contributed by atoms with Gasteiger partial charge in [-0.05, 0) is 38.9 Å². The van der Waals surface area contributed by atoms with Gasteiger partial charge in [0.15, 0.2) is 0 Å². The van der Waals surface area contributed by atoms with Gasteiger partial charge in [0.2, 0.25) is 0 Å². The molecule has 0 aromatic heterocycles. The molecule has 0 atom stereocenters. The Balaban J connectivity index is 2.68. The molecule has 0 radical (unpaired) electrons. The molecule has 1 heteroatoms. The lowest BCUT2D eigenvalue weighted by atomic mass is 9.71. The summed E-state index contributed by atoms with van der Waals surface area (Å²) < 4.78 is 0. The summed E-state index contributed by atoms with van der Waals surface area (Å²) in [7, 11) is 2.23. The smallest absolute Gasteiger partial charge is 0.0404 e. The van der Waals surface area contributed by atoms with Crippen molar-refractivity contribution in [2.24, 2.45) is 0 Å². The standard InChI is InChI=1S/C15H23N/c1-11-7-8-12-13(9-11)15(4,5)16(6)10-14(12,2)3/h7-9H,10H2,1-6H3. The monoisotopic (exact) mass is 217 g/mol. The second-order valence-electron chi connectivity index (χ2n) is 6.35. The lowest BCUT2D eigenvalue weighted by Gasteiger charge is -2.48. The van der Waals surface area contributed by atoms with E-state index in [-0.39, 0.29) is 11.0 Å². The molecule has 16 heavy (non-hydrogen) atoms. The first-order chi connectivity index (χ1) is 7.25. The zero-order valence-corrected chi connectivity index (χ0v) is 11.4. The average Bonchev–Trinajstić information content (AvgIpc) is 2.14. The molecule has 1 aliphatic heterocycles. The van der Waals surface area contributed by atoms with Crippen LogP contribution in [-0.2, 0) is 11.0 Å². The van der Waals surface area contributed by atoms with Crippen molar-refractivity contribution in [1.29, 1.82) is 0 Å². The number of aryl methyl sites for hydroxylation is 1.